The molecule has 1 atom stereocenters. The molecule has 0 N–H and O–H groups in total. The highest BCUT2D eigenvalue weighted by Crippen LogP contribution is 2.35. The number of ether oxygens (including phenoxy) is 2. The highest BCUT2D eigenvalue weighted by molar-refractivity contribution is 5.97. The normalized spacial score (nSPS) is 20.3. The van der Waals surface area contributed by atoms with Crippen molar-refractivity contribution in [2.24, 2.45) is 4.99 Å². The maximum Gasteiger partial charge on any atom is 0.240 e. The first kappa shape index (κ1) is 21.3. The maximum atomic E-state index is 13.7. The van der Waals surface area contributed by atoms with Crippen LogP contribution >= 0.6 is 0 Å². The molecule has 1 saturated heterocycles. The van der Waals surface area contributed by atoms with Crippen LogP contribution in [0.4, 0.5) is 4.39 Å². The van der Waals surface area contributed by atoms with Crippen molar-refractivity contribution in [2.45, 2.75) is 6.92 Å². The van der Waals surface area contributed by atoms with Crippen molar-refractivity contribution in [3.05, 3.63) is 100 Å². The van der Waals surface area contributed by atoms with Crippen LogP contribution in [0.1, 0.15) is 16.8 Å². The number of morpholine rings is 1. The summed E-state index contributed by atoms with van der Waals surface area (Å²) >= 11 is 0. The first-order chi connectivity index (χ1) is 16.0. The van der Waals surface area contributed by atoms with Gasteiger partial charge < -0.3 is 19.2 Å². The molecule has 0 aliphatic carbocycles. The Morgan fingerprint density at radius 1 is 1.18 bits per heavy atom. The van der Waals surface area contributed by atoms with E-state index in [0.29, 0.717) is 35.1 Å². The summed E-state index contributed by atoms with van der Waals surface area (Å²) < 4.78 is 25.8. The third-order valence-electron chi connectivity index (χ3n) is 5.82. The minimum Gasteiger partial charge on any atom is -0.621 e. The average Bonchev–Trinajstić information content (AvgIpc) is 3.38. The van der Waals surface area contributed by atoms with Gasteiger partial charge in [-0.3, -0.25) is 4.65 Å². The van der Waals surface area contributed by atoms with E-state index in [0.717, 1.165) is 16.9 Å². The number of quaternary nitrogens is 1. The van der Waals surface area contributed by atoms with Gasteiger partial charge in [-0.05, 0) is 55.0 Å². The second kappa shape index (κ2) is 8.40. The molecule has 1 unspecified atom stereocenters. The lowest BCUT2D eigenvalue weighted by molar-refractivity contribution is -0.756. The second-order valence-electron chi connectivity index (χ2n) is 7.98. The third-order valence-corrected chi connectivity index (χ3v) is 5.82. The molecule has 1 fully saturated rings. The van der Waals surface area contributed by atoms with Crippen molar-refractivity contribution in [2.75, 3.05) is 26.9 Å². The number of aromatic nitrogens is 2. The van der Waals surface area contributed by atoms with Crippen molar-refractivity contribution >= 4 is 11.9 Å². The molecular formula is C25H23FN4O3. The number of nitrogens with zero attached hydrogens (tertiary/aromatic N) is 4. The predicted octanol–water partition coefficient (Wildman–Crippen LogP) is 4.36. The van der Waals surface area contributed by atoms with Gasteiger partial charge in [-0.25, -0.2) is 9.37 Å². The van der Waals surface area contributed by atoms with Gasteiger partial charge in [0.15, 0.2) is 5.70 Å². The minimum atomic E-state index is -0.673. The first-order valence-corrected chi connectivity index (χ1v) is 10.6. The lowest BCUT2D eigenvalue weighted by atomic mass is 10.1. The standard InChI is InChI=1S/C25H23FN4O3/c1-17-14-29(16-27-17)22-10-4-18(13-24(22)32-2)3-9-21-23-15-33-12-11-30(23,31)25(28-21)19-5-7-20(26)8-6-19/h3-10,13-14,16H,11-12,15H2,1-2H3. The molecule has 8 heteroatoms. The number of imidazole rings is 1. The smallest absolute Gasteiger partial charge is 0.240 e. The largest absolute Gasteiger partial charge is 0.621 e. The summed E-state index contributed by atoms with van der Waals surface area (Å²) in [6.45, 7) is 2.72. The van der Waals surface area contributed by atoms with Crippen molar-refractivity contribution in [3.63, 3.8) is 0 Å². The number of hydroxylamine groups is 3. The number of benzene rings is 2. The van der Waals surface area contributed by atoms with E-state index >= 15 is 0 Å². The number of aliphatic imine (C=N–C) groups is 1. The predicted molar refractivity (Wildman–Crippen MR) is 123 cm³/mol. The van der Waals surface area contributed by atoms with Crippen LogP contribution in [-0.2, 0) is 4.74 Å². The molecule has 5 rings (SSSR count). The lowest BCUT2D eigenvalue weighted by Gasteiger charge is -2.42. The van der Waals surface area contributed by atoms with Crippen LogP contribution in [0.2, 0.25) is 0 Å². The van der Waals surface area contributed by atoms with Gasteiger partial charge in [0.1, 0.15) is 30.4 Å². The highest BCUT2D eigenvalue weighted by atomic mass is 19.1. The van der Waals surface area contributed by atoms with Crippen LogP contribution < -0.4 is 4.74 Å². The van der Waals surface area contributed by atoms with Gasteiger partial charge in [0.2, 0.25) is 5.84 Å². The Labute approximate surface area is 190 Å². The molecule has 2 aliphatic heterocycles. The first-order valence-electron chi connectivity index (χ1n) is 10.6. The maximum absolute atomic E-state index is 13.7. The fourth-order valence-corrected chi connectivity index (χ4v) is 4.10. The third kappa shape index (κ3) is 3.89. The van der Waals surface area contributed by atoms with E-state index in [2.05, 4.69) is 9.98 Å². The fourth-order valence-electron chi connectivity index (χ4n) is 4.10. The molecule has 3 heterocycles. The van der Waals surface area contributed by atoms with E-state index < -0.39 is 4.65 Å². The summed E-state index contributed by atoms with van der Waals surface area (Å²) in [7, 11) is 1.62. The average molecular weight is 446 g/mol. The van der Waals surface area contributed by atoms with Gasteiger partial charge in [0.25, 0.3) is 0 Å². The molecule has 168 valence electrons. The Morgan fingerprint density at radius 2 is 2.00 bits per heavy atom. The van der Waals surface area contributed by atoms with Gasteiger partial charge in [0.05, 0.1) is 37.0 Å². The number of aryl methyl sites for hydroxylation is 1. The zero-order valence-electron chi connectivity index (χ0n) is 18.4. The van der Waals surface area contributed by atoms with Crippen molar-refractivity contribution in [3.8, 4) is 11.4 Å². The summed E-state index contributed by atoms with van der Waals surface area (Å²) in [6, 6.07) is 11.7. The van der Waals surface area contributed by atoms with Crippen molar-refractivity contribution in [1.82, 2.24) is 9.55 Å². The van der Waals surface area contributed by atoms with Crippen LogP contribution in [0.3, 0.4) is 0 Å². The Balaban J connectivity index is 1.49. The molecule has 0 amide bonds. The van der Waals surface area contributed by atoms with Crippen LogP contribution in [0, 0.1) is 17.9 Å². The van der Waals surface area contributed by atoms with Gasteiger partial charge in [-0.15, -0.1) is 0 Å². The number of hydrogen-bond acceptors (Lipinski definition) is 5. The zero-order valence-corrected chi connectivity index (χ0v) is 18.4. The quantitative estimate of drug-likeness (QED) is 0.431. The summed E-state index contributed by atoms with van der Waals surface area (Å²) in [5, 5.41) is 13.7. The SMILES string of the molecule is COc1cc(C=CC2=C3COCC[N+]3([O-])C(c3ccc(F)cc3)=N2)ccc1-n1cnc(C)c1. The van der Waals surface area contributed by atoms with Gasteiger partial charge in [0, 0.05) is 6.20 Å². The number of hydrogen-bond donors (Lipinski definition) is 0. The fraction of sp³-hybridized carbons (Fsp3) is 0.200. The molecule has 33 heavy (non-hydrogen) atoms. The van der Waals surface area contributed by atoms with Gasteiger partial charge in [-0.1, -0.05) is 12.1 Å². The van der Waals surface area contributed by atoms with E-state index in [9.17, 15) is 9.60 Å². The monoisotopic (exact) mass is 446 g/mol. The molecule has 7 nitrogen and oxygen atoms in total. The van der Waals surface area contributed by atoms with E-state index in [1.54, 1.807) is 25.6 Å². The minimum absolute atomic E-state index is 0.208. The Bertz CT molecular complexity index is 1290. The number of rotatable bonds is 5. The molecular weight excluding hydrogens is 423 g/mol. The summed E-state index contributed by atoms with van der Waals surface area (Å²) in [5.41, 5.74) is 4.42. The molecule has 2 aromatic carbocycles. The number of fused-ring (bicyclic) bond motifs is 1. The summed E-state index contributed by atoms with van der Waals surface area (Å²) in [4.78, 5) is 8.92. The molecule has 0 bridgehead atoms. The van der Waals surface area contributed by atoms with E-state index in [-0.39, 0.29) is 19.0 Å². The Morgan fingerprint density at radius 3 is 2.73 bits per heavy atom. The number of amidine groups is 1. The van der Waals surface area contributed by atoms with Gasteiger partial charge >= 0.3 is 0 Å². The lowest BCUT2D eigenvalue weighted by Crippen LogP contribution is -2.51. The van der Waals surface area contributed by atoms with Crippen molar-refractivity contribution in [1.29, 1.82) is 0 Å². The van der Waals surface area contributed by atoms with Crippen LogP contribution in [-0.4, -0.2) is 46.9 Å². The number of halogens is 1. The molecule has 1 aromatic heterocycles. The Hall–Kier alpha value is -3.59. The Kier molecular flexibility index (Phi) is 5.41. The molecule has 2 aliphatic rings. The van der Waals surface area contributed by atoms with Gasteiger partial charge in [-0.2, -0.15) is 4.99 Å². The van der Waals surface area contributed by atoms with E-state index in [4.69, 9.17) is 9.47 Å². The van der Waals surface area contributed by atoms with E-state index in [1.165, 1.54) is 12.1 Å². The molecule has 0 radical (unpaired) electrons. The van der Waals surface area contributed by atoms with Crippen LogP contribution in [0.15, 0.2) is 77.5 Å². The topological polar surface area (TPSA) is 71.7 Å². The van der Waals surface area contributed by atoms with E-state index in [1.807, 2.05) is 48.0 Å². The van der Waals surface area contributed by atoms with Crippen LogP contribution in [0.5, 0.6) is 5.75 Å². The molecule has 0 spiro atoms. The number of methoxy groups -OCH3 is 1. The molecule has 0 saturated carbocycles. The van der Waals surface area contributed by atoms with Crippen LogP contribution in [0.25, 0.3) is 11.8 Å². The molecule has 3 aromatic rings. The zero-order chi connectivity index (χ0) is 23.0. The van der Waals surface area contributed by atoms with Crippen molar-refractivity contribution < 1.29 is 18.5 Å². The summed E-state index contributed by atoms with van der Waals surface area (Å²) in [5.74, 6) is 0.703. The highest BCUT2D eigenvalue weighted by Gasteiger charge is 2.41. The second-order valence-corrected chi connectivity index (χ2v) is 7.98. The number of allylic oxidation sites excluding steroid dienone is 1. The summed E-state index contributed by atoms with van der Waals surface area (Å²) in [6.07, 6.45) is 7.39.